The molecule has 2 N–H and O–H groups in total. The molecule has 1 heteroatoms. The van der Waals surface area contributed by atoms with Gasteiger partial charge in [0, 0.05) is 11.6 Å². The number of allylic oxidation sites excluding steroid dienone is 4. The van der Waals surface area contributed by atoms with Crippen LogP contribution < -0.4 is 5.73 Å². The van der Waals surface area contributed by atoms with Gasteiger partial charge < -0.3 is 5.73 Å². The second-order valence-electron chi connectivity index (χ2n) is 3.99. The number of benzene rings is 1. The Morgan fingerprint density at radius 3 is 2.93 bits per heavy atom. The van der Waals surface area contributed by atoms with Crippen LogP contribution in [0.25, 0.3) is 0 Å². The molecule has 0 fully saturated rings. The van der Waals surface area contributed by atoms with Gasteiger partial charge in [-0.1, -0.05) is 36.4 Å². The van der Waals surface area contributed by atoms with Crippen molar-refractivity contribution in [2.75, 3.05) is 5.73 Å². The lowest BCUT2D eigenvalue weighted by Gasteiger charge is -2.14. The van der Waals surface area contributed by atoms with Crippen LogP contribution in [0.15, 0.2) is 48.6 Å². The normalized spacial score (nSPS) is 25.2. The Morgan fingerprint density at radius 1 is 1.13 bits per heavy atom. The van der Waals surface area contributed by atoms with Crippen molar-refractivity contribution in [2.24, 2.45) is 0 Å². The smallest absolute Gasteiger partial charge is 0.0316 e. The van der Waals surface area contributed by atoms with Crippen molar-refractivity contribution in [2.45, 2.75) is 25.2 Å². The van der Waals surface area contributed by atoms with Crippen LogP contribution in [0.5, 0.6) is 0 Å². The summed E-state index contributed by atoms with van der Waals surface area (Å²) < 4.78 is 0. The molecule has 0 heterocycles. The van der Waals surface area contributed by atoms with Gasteiger partial charge in [0.1, 0.15) is 0 Å². The van der Waals surface area contributed by atoms with Gasteiger partial charge in [-0.2, -0.15) is 0 Å². The Kier molecular flexibility index (Phi) is 3.23. The fraction of sp³-hybridized carbons (Fsp3) is 0.286. The van der Waals surface area contributed by atoms with Crippen molar-refractivity contribution < 1.29 is 0 Å². The van der Waals surface area contributed by atoms with Crippen molar-refractivity contribution >= 4 is 5.69 Å². The van der Waals surface area contributed by atoms with E-state index in [1.165, 1.54) is 12.0 Å². The highest BCUT2D eigenvalue weighted by Crippen LogP contribution is 2.25. The minimum absolute atomic E-state index is 0.526. The SMILES string of the molecule is Nc1cccc(C2/C=C\C/C=C\CC2)c1. The molecule has 1 nitrogen and oxygen atoms in total. The standard InChI is InChI=1S/C14H17N/c15-14-10-6-9-13(11-14)12-7-4-2-1-3-5-8-12/h1-2,5-6,8-12H,3-4,7,15H2/b2-1-,8-5-. The Bertz CT molecular complexity index is 377. The first-order valence-corrected chi connectivity index (χ1v) is 5.53. The lowest BCUT2D eigenvalue weighted by Crippen LogP contribution is -1.97. The molecule has 1 aromatic carbocycles. The fourth-order valence-corrected chi connectivity index (χ4v) is 1.97. The van der Waals surface area contributed by atoms with E-state index in [1.807, 2.05) is 12.1 Å². The molecule has 0 amide bonds. The summed E-state index contributed by atoms with van der Waals surface area (Å²) in [5, 5.41) is 0. The molecule has 0 bridgehead atoms. The highest BCUT2D eigenvalue weighted by Gasteiger charge is 2.07. The summed E-state index contributed by atoms with van der Waals surface area (Å²) in [6.07, 6.45) is 12.4. The predicted molar refractivity (Wildman–Crippen MR) is 65.7 cm³/mol. The monoisotopic (exact) mass is 199 g/mol. The number of anilines is 1. The molecule has 0 radical (unpaired) electrons. The molecule has 0 saturated heterocycles. The predicted octanol–water partition coefficient (Wildman–Crippen LogP) is 3.65. The molecule has 1 unspecified atom stereocenters. The topological polar surface area (TPSA) is 26.0 Å². The van der Waals surface area contributed by atoms with Crippen LogP contribution in [0.2, 0.25) is 0 Å². The number of nitrogens with two attached hydrogens (primary N) is 1. The van der Waals surface area contributed by atoms with Crippen LogP contribution in [0.4, 0.5) is 5.69 Å². The first-order valence-electron chi connectivity index (χ1n) is 5.53. The van der Waals surface area contributed by atoms with Gasteiger partial charge >= 0.3 is 0 Å². The van der Waals surface area contributed by atoms with Gasteiger partial charge in [-0.3, -0.25) is 0 Å². The van der Waals surface area contributed by atoms with Gasteiger partial charge in [-0.15, -0.1) is 0 Å². The van der Waals surface area contributed by atoms with Crippen LogP contribution >= 0.6 is 0 Å². The van der Waals surface area contributed by atoms with Crippen LogP contribution in [0.1, 0.15) is 30.7 Å². The van der Waals surface area contributed by atoms with E-state index in [9.17, 15) is 0 Å². The van der Waals surface area contributed by atoms with Gasteiger partial charge in [-0.05, 0) is 37.0 Å². The van der Waals surface area contributed by atoms with Crippen LogP contribution in [-0.4, -0.2) is 0 Å². The van der Waals surface area contributed by atoms with Crippen molar-refractivity contribution in [1.29, 1.82) is 0 Å². The summed E-state index contributed by atoms with van der Waals surface area (Å²) in [6, 6.07) is 8.22. The summed E-state index contributed by atoms with van der Waals surface area (Å²) in [7, 11) is 0. The minimum atomic E-state index is 0.526. The first kappa shape index (κ1) is 10.0. The van der Waals surface area contributed by atoms with Gasteiger partial charge in [-0.25, -0.2) is 0 Å². The zero-order valence-corrected chi connectivity index (χ0v) is 8.89. The van der Waals surface area contributed by atoms with E-state index in [4.69, 9.17) is 5.73 Å². The van der Waals surface area contributed by atoms with Crippen LogP contribution in [-0.2, 0) is 0 Å². The zero-order chi connectivity index (χ0) is 10.5. The lowest BCUT2D eigenvalue weighted by molar-refractivity contribution is 0.743. The highest BCUT2D eigenvalue weighted by atomic mass is 14.5. The summed E-state index contributed by atoms with van der Waals surface area (Å²) >= 11 is 0. The summed E-state index contributed by atoms with van der Waals surface area (Å²) in [6.45, 7) is 0. The van der Waals surface area contributed by atoms with Gasteiger partial charge in [0.2, 0.25) is 0 Å². The summed E-state index contributed by atoms with van der Waals surface area (Å²) in [5.74, 6) is 0.526. The highest BCUT2D eigenvalue weighted by molar-refractivity contribution is 5.42. The molecule has 1 aromatic rings. The Hall–Kier alpha value is -1.50. The molecular formula is C14H17N. The van der Waals surface area contributed by atoms with Crippen molar-refractivity contribution in [3.05, 3.63) is 54.1 Å². The number of hydrogen-bond acceptors (Lipinski definition) is 1. The minimum Gasteiger partial charge on any atom is -0.399 e. The molecule has 0 aromatic heterocycles. The molecule has 0 spiro atoms. The summed E-state index contributed by atoms with van der Waals surface area (Å²) in [4.78, 5) is 0. The Labute approximate surface area is 91.3 Å². The number of nitrogen functional groups attached to an aromatic ring is 1. The maximum atomic E-state index is 5.80. The Morgan fingerprint density at radius 2 is 2.07 bits per heavy atom. The molecule has 0 aliphatic heterocycles. The quantitative estimate of drug-likeness (QED) is 0.542. The second-order valence-corrected chi connectivity index (χ2v) is 3.99. The van der Waals surface area contributed by atoms with E-state index < -0.39 is 0 Å². The van der Waals surface area contributed by atoms with E-state index in [0.29, 0.717) is 5.92 Å². The largest absolute Gasteiger partial charge is 0.399 e. The van der Waals surface area contributed by atoms with Crippen molar-refractivity contribution in [1.82, 2.24) is 0 Å². The van der Waals surface area contributed by atoms with Crippen molar-refractivity contribution in [3.8, 4) is 0 Å². The average Bonchev–Trinajstić information content (AvgIpc) is 2.16. The third kappa shape index (κ3) is 2.72. The zero-order valence-electron chi connectivity index (χ0n) is 8.89. The van der Waals surface area contributed by atoms with Crippen LogP contribution in [0, 0.1) is 0 Å². The third-order valence-electron chi connectivity index (χ3n) is 2.79. The molecule has 0 saturated carbocycles. The van der Waals surface area contributed by atoms with Crippen LogP contribution in [0.3, 0.4) is 0 Å². The maximum absolute atomic E-state index is 5.80. The first-order chi connectivity index (χ1) is 7.36. The van der Waals surface area contributed by atoms with E-state index in [-0.39, 0.29) is 0 Å². The molecule has 1 aliphatic rings. The Balaban J connectivity index is 2.18. The van der Waals surface area contributed by atoms with Gasteiger partial charge in [0.15, 0.2) is 0 Å². The van der Waals surface area contributed by atoms with Crippen molar-refractivity contribution in [3.63, 3.8) is 0 Å². The van der Waals surface area contributed by atoms with E-state index in [0.717, 1.165) is 18.5 Å². The molecule has 78 valence electrons. The molecular weight excluding hydrogens is 182 g/mol. The van der Waals surface area contributed by atoms with E-state index >= 15 is 0 Å². The molecule has 1 atom stereocenters. The fourth-order valence-electron chi connectivity index (χ4n) is 1.97. The number of hydrogen-bond donors (Lipinski definition) is 1. The number of rotatable bonds is 1. The lowest BCUT2D eigenvalue weighted by atomic mass is 9.92. The molecule has 1 aliphatic carbocycles. The molecule has 2 rings (SSSR count). The van der Waals surface area contributed by atoms with E-state index in [1.54, 1.807) is 0 Å². The van der Waals surface area contributed by atoms with Gasteiger partial charge in [0.25, 0.3) is 0 Å². The third-order valence-corrected chi connectivity index (χ3v) is 2.79. The summed E-state index contributed by atoms with van der Waals surface area (Å²) in [5.41, 5.74) is 7.99. The second kappa shape index (κ2) is 4.83. The average molecular weight is 199 g/mol. The van der Waals surface area contributed by atoms with E-state index in [2.05, 4.69) is 36.4 Å². The molecule has 15 heavy (non-hydrogen) atoms. The van der Waals surface area contributed by atoms with Gasteiger partial charge in [0.05, 0.1) is 0 Å². The maximum Gasteiger partial charge on any atom is 0.0316 e.